The van der Waals surface area contributed by atoms with E-state index >= 15 is 0 Å². The largest absolute Gasteiger partial charge is 0.434 e. The fourth-order valence-corrected chi connectivity index (χ4v) is 7.56. The molecule has 4 fully saturated rings. The third kappa shape index (κ3) is 2.90. The SMILES string of the molecule is CC(=O)OC=C1C[C@H]2[C@@H]3CCC4CC(C(C)=O)CC[C@]4(C)[C@H]3CC[C@]2(C)C1=O. The Morgan fingerprint density at radius 2 is 1.79 bits per heavy atom. The lowest BCUT2D eigenvalue weighted by atomic mass is 9.44. The Morgan fingerprint density at radius 3 is 2.46 bits per heavy atom. The third-order valence-electron chi connectivity index (χ3n) is 9.25. The predicted octanol–water partition coefficient (Wildman–Crippen LogP) is 4.86. The minimum Gasteiger partial charge on any atom is -0.434 e. The van der Waals surface area contributed by atoms with E-state index in [4.69, 9.17) is 4.74 Å². The van der Waals surface area contributed by atoms with E-state index in [-0.39, 0.29) is 23.1 Å². The third-order valence-corrected chi connectivity index (χ3v) is 9.25. The summed E-state index contributed by atoms with van der Waals surface area (Å²) < 4.78 is 5.07. The van der Waals surface area contributed by atoms with Crippen LogP contribution < -0.4 is 0 Å². The van der Waals surface area contributed by atoms with Gasteiger partial charge in [0, 0.05) is 23.8 Å². The van der Waals surface area contributed by atoms with Crippen LogP contribution in [-0.4, -0.2) is 17.5 Å². The Hall–Kier alpha value is -1.45. The van der Waals surface area contributed by atoms with Crippen LogP contribution >= 0.6 is 0 Å². The molecule has 0 bridgehead atoms. The number of fused-ring (bicyclic) bond motifs is 5. The Balaban J connectivity index is 1.58. The molecule has 0 spiro atoms. The van der Waals surface area contributed by atoms with Gasteiger partial charge in [-0.15, -0.1) is 0 Å². The molecule has 0 amide bonds. The van der Waals surface area contributed by atoms with Crippen molar-refractivity contribution in [1.29, 1.82) is 0 Å². The molecule has 4 aliphatic rings. The van der Waals surface area contributed by atoms with Crippen LogP contribution in [0.25, 0.3) is 0 Å². The van der Waals surface area contributed by atoms with Gasteiger partial charge in [0.2, 0.25) is 0 Å². The molecule has 154 valence electrons. The second-order valence-corrected chi connectivity index (χ2v) is 10.5. The van der Waals surface area contributed by atoms with Crippen molar-refractivity contribution in [3.63, 3.8) is 0 Å². The molecule has 0 radical (unpaired) electrons. The maximum Gasteiger partial charge on any atom is 0.307 e. The van der Waals surface area contributed by atoms with Gasteiger partial charge in [-0.05, 0) is 87.4 Å². The summed E-state index contributed by atoms with van der Waals surface area (Å²) in [4.78, 5) is 36.3. The fraction of sp³-hybridized carbons (Fsp3) is 0.792. The van der Waals surface area contributed by atoms with Crippen LogP contribution in [0.4, 0.5) is 0 Å². The van der Waals surface area contributed by atoms with E-state index < -0.39 is 0 Å². The number of Topliss-reactive ketones (excluding diaryl/α,β-unsaturated/α-hetero) is 2. The summed E-state index contributed by atoms with van der Waals surface area (Å²) in [5.74, 6) is 2.69. The average Bonchev–Trinajstić information content (AvgIpc) is 2.90. The molecule has 0 N–H and O–H groups in total. The molecule has 4 nitrogen and oxygen atoms in total. The normalized spacial score (nSPS) is 46.5. The first-order valence-electron chi connectivity index (χ1n) is 11.1. The van der Waals surface area contributed by atoms with E-state index in [0.717, 1.165) is 38.5 Å². The average molecular weight is 387 g/mol. The van der Waals surface area contributed by atoms with Crippen molar-refractivity contribution in [3.8, 4) is 0 Å². The maximum absolute atomic E-state index is 13.1. The zero-order valence-corrected chi connectivity index (χ0v) is 17.8. The highest BCUT2D eigenvalue weighted by Crippen LogP contribution is 2.66. The number of carbonyl (C=O) groups excluding carboxylic acids is 3. The Bertz CT molecular complexity index is 737. The van der Waals surface area contributed by atoms with Gasteiger partial charge in [-0.2, -0.15) is 0 Å². The molecule has 0 aromatic carbocycles. The predicted molar refractivity (Wildman–Crippen MR) is 106 cm³/mol. The first-order chi connectivity index (χ1) is 13.2. The standard InChI is InChI=1S/C24H34O4/c1-14(25)16-7-9-23(3)18(11-16)5-6-19-20(23)8-10-24(4)21(19)12-17(22(24)27)13-28-15(2)26/h13,16,18-21H,5-12H2,1-4H3/t16?,18?,19-,20+,21+,23+,24+/m1/s1. The Kier molecular flexibility index (Phi) is 4.83. The van der Waals surface area contributed by atoms with Crippen molar-refractivity contribution in [3.05, 3.63) is 11.8 Å². The van der Waals surface area contributed by atoms with E-state index in [1.54, 1.807) is 6.92 Å². The summed E-state index contributed by atoms with van der Waals surface area (Å²) in [5.41, 5.74) is 0.713. The quantitative estimate of drug-likeness (QED) is 0.386. The molecule has 28 heavy (non-hydrogen) atoms. The monoisotopic (exact) mass is 386 g/mol. The number of allylic oxidation sites excluding steroid dienone is 1. The highest BCUT2D eigenvalue weighted by atomic mass is 16.5. The van der Waals surface area contributed by atoms with Crippen molar-refractivity contribution in [2.45, 2.75) is 79.1 Å². The van der Waals surface area contributed by atoms with Gasteiger partial charge in [-0.3, -0.25) is 14.4 Å². The van der Waals surface area contributed by atoms with E-state index in [1.807, 2.05) is 0 Å². The summed E-state index contributed by atoms with van der Waals surface area (Å²) >= 11 is 0. The molecule has 4 saturated carbocycles. The molecule has 2 unspecified atom stereocenters. The lowest BCUT2D eigenvalue weighted by Crippen LogP contribution is -2.53. The van der Waals surface area contributed by atoms with Crippen LogP contribution in [-0.2, 0) is 19.1 Å². The highest BCUT2D eigenvalue weighted by Gasteiger charge is 2.61. The number of rotatable bonds is 2. The summed E-state index contributed by atoms with van der Waals surface area (Å²) in [6.07, 6.45) is 9.83. The van der Waals surface area contributed by atoms with E-state index in [1.165, 1.54) is 26.0 Å². The van der Waals surface area contributed by atoms with Gasteiger partial charge in [-0.1, -0.05) is 13.8 Å². The molecule has 0 saturated heterocycles. The summed E-state index contributed by atoms with van der Waals surface area (Å²) in [6.45, 7) is 7.75. The molecule has 4 rings (SSSR count). The second kappa shape index (κ2) is 6.81. The first kappa shape index (κ1) is 19.8. The number of hydrogen-bond acceptors (Lipinski definition) is 4. The van der Waals surface area contributed by atoms with Crippen molar-refractivity contribution in [2.24, 2.45) is 40.4 Å². The first-order valence-corrected chi connectivity index (χ1v) is 11.1. The summed E-state index contributed by atoms with van der Waals surface area (Å²) in [6, 6.07) is 0. The Labute approximate surface area is 168 Å². The zero-order valence-electron chi connectivity index (χ0n) is 17.8. The molecule has 0 heterocycles. The van der Waals surface area contributed by atoms with Gasteiger partial charge in [0.1, 0.15) is 12.0 Å². The second-order valence-electron chi connectivity index (χ2n) is 10.5. The molecule has 4 heteroatoms. The lowest BCUT2D eigenvalue weighted by Gasteiger charge is -2.60. The van der Waals surface area contributed by atoms with Crippen LogP contribution in [0.2, 0.25) is 0 Å². The molecule has 0 aliphatic heterocycles. The van der Waals surface area contributed by atoms with E-state index in [0.29, 0.717) is 40.4 Å². The number of carbonyl (C=O) groups is 3. The summed E-state index contributed by atoms with van der Waals surface area (Å²) in [5, 5.41) is 0. The van der Waals surface area contributed by atoms with Gasteiger partial charge >= 0.3 is 5.97 Å². The van der Waals surface area contributed by atoms with Gasteiger partial charge in [-0.25, -0.2) is 0 Å². The zero-order chi connectivity index (χ0) is 20.3. The topological polar surface area (TPSA) is 60.4 Å². The smallest absolute Gasteiger partial charge is 0.307 e. The van der Waals surface area contributed by atoms with Crippen LogP contribution in [0.1, 0.15) is 79.1 Å². The Morgan fingerprint density at radius 1 is 1.04 bits per heavy atom. The van der Waals surface area contributed by atoms with Crippen molar-refractivity contribution in [2.75, 3.05) is 0 Å². The van der Waals surface area contributed by atoms with Crippen LogP contribution in [0.5, 0.6) is 0 Å². The van der Waals surface area contributed by atoms with Gasteiger partial charge in [0.05, 0.1) is 0 Å². The molecule has 0 aromatic rings. The molecule has 4 aliphatic carbocycles. The van der Waals surface area contributed by atoms with Crippen LogP contribution in [0.15, 0.2) is 11.8 Å². The maximum atomic E-state index is 13.1. The molecule has 0 aromatic heterocycles. The van der Waals surface area contributed by atoms with Crippen molar-refractivity contribution >= 4 is 17.5 Å². The molecular formula is C24H34O4. The van der Waals surface area contributed by atoms with Crippen LogP contribution in [0.3, 0.4) is 0 Å². The summed E-state index contributed by atoms with van der Waals surface area (Å²) in [7, 11) is 0. The van der Waals surface area contributed by atoms with Crippen LogP contribution in [0, 0.1) is 40.4 Å². The fourth-order valence-electron chi connectivity index (χ4n) is 7.56. The number of ketones is 2. The number of esters is 1. The number of ether oxygens (including phenoxy) is 1. The van der Waals surface area contributed by atoms with Gasteiger partial charge in [0.15, 0.2) is 5.78 Å². The molecule has 7 atom stereocenters. The minimum atomic E-state index is -0.367. The van der Waals surface area contributed by atoms with E-state index in [9.17, 15) is 14.4 Å². The van der Waals surface area contributed by atoms with Gasteiger partial charge in [0.25, 0.3) is 0 Å². The van der Waals surface area contributed by atoms with Crippen molar-refractivity contribution in [1.82, 2.24) is 0 Å². The lowest BCUT2D eigenvalue weighted by molar-refractivity contribution is -0.142. The van der Waals surface area contributed by atoms with Gasteiger partial charge < -0.3 is 4.74 Å². The number of hydrogen-bond donors (Lipinski definition) is 0. The highest BCUT2D eigenvalue weighted by molar-refractivity contribution is 6.02. The molecular weight excluding hydrogens is 352 g/mol. The van der Waals surface area contributed by atoms with Crippen molar-refractivity contribution < 1.29 is 19.1 Å². The minimum absolute atomic E-state index is 0.199. The van der Waals surface area contributed by atoms with E-state index in [2.05, 4.69) is 13.8 Å².